The Balaban J connectivity index is 1.78. The van der Waals surface area contributed by atoms with Crippen LogP contribution < -0.4 is 5.56 Å². The van der Waals surface area contributed by atoms with Gasteiger partial charge in [-0.2, -0.15) is 13.2 Å². The number of imidazole rings is 1. The predicted molar refractivity (Wildman–Crippen MR) is 106 cm³/mol. The molecule has 3 aromatic heterocycles. The molecule has 30 heavy (non-hydrogen) atoms. The molecule has 0 saturated carbocycles. The number of alkyl halides is 3. The quantitative estimate of drug-likeness (QED) is 0.488. The lowest BCUT2D eigenvalue weighted by Crippen LogP contribution is -2.24. The standard InChI is InChI=1S/C20H15ClF3N5O/c1-28-11-26-17-18(28)27-16(29(19(17)30)15-5-3-14(21)4-6-15)7-2-12-8-13(10-25-9-12)20(22,23)24/h3-6,8-11H,2,7H2,1H3. The average Bonchev–Trinajstić information content (AvgIpc) is 3.08. The average molecular weight is 434 g/mol. The highest BCUT2D eigenvalue weighted by Gasteiger charge is 2.31. The lowest BCUT2D eigenvalue weighted by atomic mass is 10.1. The Morgan fingerprint density at radius 3 is 2.53 bits per heavy atom. The van der Waals surface area contributed by atoms with Gasteiger partial charge in [0.05, 0.1) is 17.6 Å². The van der Waals surface area contributed by atoms with Gasteiger partial charge in [-0.15, -0.1) is 0 Å². The lowest BCUT2D eigenvalue weighted by Gasteiger charge is -2.13. The van der Waals surface area contributed by atoms with Crippen molar-refractivity contribution in [2.75, 3.05) is 0 Å². The maximum atomic E-state index is 13.1. The Kier molecular flexibility index (Phi) is 5.07. The number of benzene rings is 1. The minimum absolute atomic E-state index is 0.205. The van der Waals surface area contributed by atoms with Crippen LogP contribution in [0.3, 0.4) is 0 Å². The number of nitrogens with zero attached hydrogens (tertiary/aromatic N) is 5. The third kappa shape index (κ3) is 3.80. The third-order valence-electron chi connectivity index (χ3n) is 4.65. The van der Waals surface area contributed by atoms with E-state index >= 15 is 0 Å². The van der Waals surface area contributed by atoms with Crippen LogP contribution in [0.1, 0.15) is 17.0 Å². The molecular formula is C20H15ClF3N5O. The van der Waals surface area contributed by atoms with Crippen LogP contribution in [0.4, 0.5) is 13.2 Å². The Morgan fingerprint density at radius 2 is 1.83 bits per heavy atom. The van der Waals surface area contributed by atoms with Gasteiger partial charge in [0.15, 0.2) is 11.2 Å². The highest BCUT2D eigenvalue weighted by molar-refractivity contribution is 6.30. The summed E-state index contributed by atoms with van der Waals surface area (Å²) >= 11 is 5.95. The largest absolute Gasteiger partial charge is 0.417 e. The fourth-order valence-corrected chi connectivity index (χ4v) is 3.29. The van der Waals surface area contributed by atoms with Gasteiger partial charge >= 0.3 is 6.18 Å². The normalized spacial score (nSPS) is 11.9. The molecule has 0 atom stereocenters. The first-order chi connectivity index (χ1) is 14.2. The van der Waals surface area contributed by atoms with Crippen molar-refractivity contribution in [2.24, 2.45) is 7.05 Å². The topological polar surface area (TPSA) is 65.6 Å². The Morgan fingerprint density at radius 1 is 1.10 bits per heavy atom. The van der Waals surface area contributed by atoms with Crippen LogP contribution in [0.15, 0.2) is 53.8 Å². The van der Waals surface area contributed by atoms with E-state index in [2.05, 4.69) is 15.0 Å². The van der Waals surface area contributed by atoms with Crippen molar-refractivity contribution in [3.8, 4) is 5.69 Å². The summed E-state index contributed by atoms with van der Waals surface area (Å²) < 4.78 is 41.9. The highest BCUT2D eigenvalue weighted by Crippen LogP contribution is 2.29. The van der Waals surface area contributed by atoms with E-state index in [0.29, 0.717) is 27.7 Å². The predicted octanol–water partition coefficient (Wildman–Crippen LogP) is 3.97. The highest BCUT2D eigenvalue weighted by atomic mass is 35.5. The van der Waals surface area contributed by atoms with Crippen molar-refractivity contribution in [1.29, 1.82) is 0 Å². The number of rotatable bonds is 4. The van der Waals surface area contributed by atoms with E-state index in [1.54, 1.807) is 35.9 Å². The summed E-state index contributed by atoms with van der Waals surface area (Å²) in [6, 6.07) is 7.70. The summed E-state index contributed by atoms with van der Waals surface area (Å²) in [5, 5.41) is 0.510. The Hall–Kier alpha value is -3.20. The van der Waals surface area contributed by atoms with Gasteiger partial charge in [0.2, 0.25) is 0 Å². The molecule has 0 spiro atoms. The second kappa shape index (κ2) is 7.56. The molecular weight excluding hydrogens is 419 g/mol. The molecule has 0 unspecified atom stereocenters. The van der Waals surface area contributed by atoms with Crippen LogP contribution in [0.5, 0.6) is 0 Å². The van der Waals surface area contributed by atoms with Crippen LogP contribution in [0.25, 0.3) is 16.9 Å². The van der Waals surface area contributed by atoms with E-state index in [-0.39, 0.29) is 23.9 Å². The van der Waals surface area contributed by atoms with Gasteiger partial charge in [0, 0.05) is 30.9 Å². The molecule has 10 heteroatoms. The molecule has 0 N–H and O–H groups in total. The number of fused-ring (bicyclic) bond motifs is 1. The first kappa shape index (κ1) is 20.1. The van der Waals surface area contributed by atoms with E-state index in [1.165, 1.54) is 17.1 Å². The van der Waals surface area contributed by atoms with Gasteiger partial charge in [-0.05, 0) is 42.3 Å². The van der Waals surface area contributed by atoms with Crippen molar-refractivity contribution in [3.63, 3.8) is 0 Å². The van der Waals surface area contributed by atoms with Gasteiger partial charge in [-0.3, -0.25) is 14.3 Å². The smallest absolute Gasteiger partial charge is 0.318 e. The number of hydrogen-bond donors (Lipinski definition) is 0. The Labute approximate surface area is 173 Å². The molecule has 4 aromatic rings. The molecule has 0 fully saturated rings. The van der Waals surface area contributed by atoms with Crippen molar-refractivity contribution < 1.29 is 13.2 Å². The SMILES string of the molecule is Cn1cnc2c(=O)n(-c3ccc(Cl)cc3)c(CCc3cncc(C(F)(F)F)c3)nc21. The fourth-order valence-electron chi connectivity index (χ4n) is 3.16. The molecule has 3 heterocycles. The number of halogens is 4. The van der Waals surface area contributed by atoms with Crippen molar-refractivity contribution in [2.45, 2.75) is 19.0 Å². The molecule has 4 rings (SSSR count). The van der Waals surface area contributed by atoms with E-state index in [0.717, 1.165) is 12.3 Å². The van der Waals surface area contributed by atoms with Gasteiger partial charge < -0.3 is 4.57 Å². The molecule has 0 aliphatic rings. The molecule has 0 bridgehead atoms. The van der Waals surface area contributed by atoms with Gasteiger partial charge in [0.25, 0.3) is 5.56 Å². The van der Waals surface area contributed by atoms with Crippen LogP contribution in [0.2, 0.25) is 5.02 Å². The second-order valence-corrected chi connectivity index (χ2v) is 7.19. The third-order valence-corrected chi connectivity index (χ3v) is 4.90. The van der Waals surface area contributed by atoms with E-state index < -0.39 is 11.7 Å². The number of aryl methyl sites for hydroxylation is 3. The summed E-state index contributed by atoms with van der Waals surface area (Å²) in [5.41, 5.74) is 0.373. The van der Waals surface area contributed by atoms with Gasteiger partial charge in [-0.25, -0.2) is 9.97 Å². The number of pyridine rings is 1. The molecule has 0 amide bonds. The summed E-state index contributed by atoms with van der Waals surface area (Å²) in [5.74, 6) is 0.399. The fraction of sp³-hybridized carbons (Fsp3) is 0.200. The number of hydrogen-bond acceptors (Lipinski definition) is 4. The minimum atomic E-state index is -4.47. The van der Waals surface area contributed by atoms with Gasteiger partial charge in [-0.1, -0.05) is 11.6 Å². The van der Waals surface area contributed by atoms with E-state index in [4.69, 9.17) is 11.6 Å². The van der Waals surface area contributed by atoms with Crippen molar-refractivity contribution in [3.05, 3.63) is 81.4 Å². The minimum Gasteiger partial charge on any atom is -0.318 e. The lowest BCUT2D eigenvalue weighted by molar-refractivity contribution is -0.137. The zero-order valence-electron chi connectivity index (χ0n) is 15.7. The molecule has 1 aromatic carbocycles. The van der Waals surface area contributed by atoms with Crippen LogP contribution in [0, 0.1) is 0 Å². The van der Waals surface area contributed by atoms with E-state index in [9.17, 15) is 18.0 Å². The van der Waals surface area contributed by atoms with Crippen LogP contribution >= 0.6 is 11.6 Å². The Bertz CT molecular complexity index is 1280. The summed E-state index contributed by atoms with van der Waals surface area (Å²) in [7, 11) is 1.72. The molecule has 154 valence electrons. The first-order valence-corrected chi connectivity index (χ1v) is 9.32. The second-order valence-electron chi connectivity index (χ2n) is 6.75. The van der Waals surface area contributed by atoms with E-state index in [1.807, 2.05) is 0 Å². The maximum Gasteiger partial charge on any atom is 0.417 e. The first-order valence-electron chi connectivity index (χ1n) is 8.94. The molecule has 0 aliphatic heterocycles. The van der Waals surface area contributed by atoms with Crippen molar-refractivity contribution in [1.82, 2.24) is 24.1 Å². The summed E-state index contributed by atoms with van der Waals surface area (Å²) in [4.78, 5) is 25.5. The summed E-state index contributed by atoms with van der Waals surface area (Å²) in [6.45, 7) is 0. The maximum absolute atomic E-state index is 13.1. The molecule has 0 saturated heterocycles. The monoisotopic (exact) mass is 433 g/mol. The zero-order valence-corrected chi connectivity index (χ0v) is 16.4. The molecule has 0 radical (unpaired) electrons. The van der Waals surface area contributed by atoms with Crippen LogP contribution in [-0.4, -0.2) is 24.1 Å². The zero-order chi connectivity index (χ0) is 21.5. The number of aromatic nitrogens is 5. The summed E-state index contributed by atoms with van der Waals surface area (Å²) in [6.07, 6.45) is -0.371. The molecule has 0 aliphatic carbocycles. The van der Waals surface area contributed by atoms with Crippen molar-refractivity contribution >= 4 is 22.8 Å². The molecule has 6 nitrogen and oxygen atoms in total. The van der Waals surface area contributed by atoms with Gasteiger partial charge in [0.1, 0.15) is 5.82 Å². The van der Waals surface area contributed by atoms with Crippen LogP contribution in [-0.2, 0) is 26.1 Å².